The van der Waals surface area contributed by atoms with Gasteiger partial charge in [0.1, 0.15) is 0 Å². The highest BCUT2D eigenvalue weighted by atomic mass is 32.2. The molecule has 6 heteroatoms. The first-order valence-corrected chi connectivity index (χ1v) is 8.34. The fraction of sp³-hybridized carbons (Fsp3) is 0.188. The molecule has 5 nitrogen and oxygen atoms in total. The molecule has 2 rings (SSSR count). The Morgan fingerprint density at radius 3 is 2.32 bits per heavy atom. The van der Waals surface area contributed by atoms with E-state index in [1.807, 2.05) is 32.0 Å². The highest BCUT2D eigenvalue weighted by Gasteiger charge is 2.17. The minimum Gasteiger partial charge on any atom is -0.366 e. The first-order chi connectivity index (χ1) is 10.3. The summed E-state index contributed by atoms with van der Waals surface area (Å²) in [7, 11) is -3.71. The standard InChI is InChI=1S/C16H18N2O3S/c1-3-12-6-4-5-11(2)15(12)18-22(20,21)14-9-7-13(8-10-14)16(17)19/h4-10,18H,3H2,1-2H3,(H2,17,19). The third-order valence-electron chi connectivity index (χ3n) is 3.43. The number of primary amides is 1. The van der Waals surface area contributed by atoms with Gasteiger partial charge in [-0.05, 0) is 48.7 Å². The van der Waals surface area contributed by atoms with Crippen molar-refractivity contribution in [1.29, 1.82) is 0 Å². The predicted octanol–water partition coefficient (Wildman–Crippen LogP) is 2.46. The van der Waals surface area contributed by atoms with Gasteiger partial charge in [0.05, 0.1) is 10.6 Å². The maximum absolute atomic E-state index is 12.5. The zero-order chi connectivity index (χ0) is 16.3. The van der Waals surface area contributed by atoms with Crippen molar-refractivity contribution in [3.63, 3.8) is 0 Å². The molecule has 3 N–H and O–H groups in total. The van der Waals surface area contributed by atoms with Crippen LogP contribution in [0.5, 0.6) is 0 Å². The van der Waals surface area contributed by atoms with Crippen LogP contribution in [0.15, 0.2) is 47.4 Å². The highest BCUT2D eigenvalue weighted by Crippen LogP contribution is 2.24. The average Bonchev–Trinajstić information content (AvgIpc) is 2.49. The van der Waals surface area contributed by atoms with Gasteiger partial charge in [-0.3, -0.25) is 9.52 Å². The van der Waals surface area contributed by atoms with Crippen LogP contribution in [0.1, 0.15) is 28.4 Å². The van der Waals surface area contributed by atoms with Crippen molar-refractivity contribution in [3.8, 4) is 0 Å². The van der Waals surface area contributed by atoms with Crippen LogP contribution in [0.2, 0.25) is 0 Å². The monoisotopic (exact) mass is 318 g/mol. The molecule has 0 unspecified atom stereocenters. The molecule has 0 radical (unpaired) electrons. The predicted molar refractivity (Wildman–Crippen MR) is 86.3 cm³/mol. The van der Waals surface area contributed by atoms with Crippen LogP contribution in [0.25, 0.3) is 0 Å². The first kappa shape index (κ1) is 16.0. The molecule has 0 spiro atoms. The molecule has 116 valence electrons. The summed E-state index contributed by atoms with van der Waals surface area (Å²) in [6, 6.07) is 11.2. The van der Waals surface area contributed by atoms with Gasteiger partial charge in [0.15, 0.2) is 0 Å². The number of rotatable bonds is 5. The van der Waals surface area contributed by atoms with Crippen LogP contribution >= 0.6 is 0 Å². The molecule has 0 aliphatic carbocycles. The average molecular weight is 318 g/mol. The highest BCUT2D eigenvalue weighted by molar-refractivity contribution is 7.92. The summed E-state index contributed by atoms with van der Waals surface area (Å²) in [6.45, 7) is 3.82. The van der Waals surface area contributed by atoms with Gasteiger partial charge in [0, 0.05) is 5.56 Å². The van der Waals surface area contributed by atoms with E-state index in [0.717, 1.165) is 17.5 Å². The van der Waals surface area contributed by atoms with Crippen LogP contribution < -0.4 is 10.5 Å². The van der Waals surface area contributed by atoms with E-state index in [1.54, 1.807) is 0 Å². The topological polar surface area (TPSA) is 89.3 Å². The summed E-state index contributed by atoms with van der Waals surface area (Å²) in [5.74, 6) is -0.593. The van der Waals surface area contributed by atoms with E-state index >= 15 is 0 Å². The number of hydrogen-bond acceptors (Lipinski definition) is 3. The van der Waals surface area contributed by atoms with Crippen LogP contribution in [0, 0.1) is 6.92 Å². The second-order valence-corrected chi connectivity index (χ2v) is 6.64. The summed E-state index contributed by atoms with van der Waals surface area (Å²) in [6.07, 6.45) is 0.722. The number of carbonyl (C=O) groups excluding carboxylic acids is 1. The molecule has 2 aromatic rings. The van der Waals surface area contributed by atoms with E-state index < -0.39 is 15.9 Å². The number of hydrogen-bond donors (Lipinski definition) is 2. The molecule has 2 aromatic carbocycles. The molecule has 0 aliphatic heterocycles. The SMILES string of the molecule is CCc1cccc(C)c1NS(=O)(=O)c1ccc(C(N)=O)cc1. The summed E-state index contributed by atoms with van der Waals surface area (Å²) in [5, 5.41) is 0. The zero-order valence-electron chi connectivity index (χ0n) is 12.5. The van der Waals surface area contributed by atoms with Gasteiger partial charge in [-0.1, -0.05) is 25.1 Å². The number of sulfonamides is 1. The van der Waals surface area contributed by atoms with Gasteiger partial charge >= 0.3 is 0 Å². The third kappa shape index (κ3) is 3.28. The lowest BCUT2D eigenvalue weighted by Gasteiger charge is -2.14. The Labute approximate surface area is 130 Å². The molecule has 0 saturated carbocycles. The Morgan fingerprint density at radius 1 is 1.14 bits per heavy atom. The third-order valence-corrected chi connectivity index (χ3v) is 4.79. The Balaban J connectivity index is 2.38. The van der Waals surface area contributed by atoms with Crippen molar-refractivity contribution in [1.82, 2.24) is 0 Å². The van der Waals surface area contributed by atoms with Gasteiger partial charge in [-0.25, -0.2) is 8.42 Å². The number of amides is 1. The van der Waals surface area contributed by atoms with Crippen molar-refractivity contribution in [3.05, 3.63) is 59.2 Å². The number of nitrogens with two attached hydrogens (primary N) is 1. The first-order valence-electron chi connectivity index (χ1n) is 6.86. The Hall–Kier alpha value is -2.34. The number of anilines is 1. The van der Waals surface area contributed by atoms with Crippen molar-refractivity contribution >= 4 is 21.6 Å². The van der Waals surface area contributed by atoms with E-state index in [2.05, 4.69) is 4.72 Å². The van der Waals surface area contributed by atoms with Gasteiger partial charge in [-0.2, -0.15) is 0 Å². The fourth-order valence-electron chi connectivity index (χ4n) is 2.16. The molecule has 0 bridgehead atoms. The Kier molecular flexibility index (Phi) is 4.51. The van der Waals surface area contributed by atoms with E-state index in [0.29, 0.717) is 5.69 Å². The number of carbonyl (C=O) groups is 1. The van der Waals surface area contributed by atoms with E-state index in [1.165, 1.54) is 24.3 Å². The van der Waals surface area contributed by atoms with Crippen LogP contribution in [-0.2, 0) is 16.4 Å². The quantitative estimate of drug-likeness (QED) is 0.887. The van der Waals surface area contributed by atoms with Gasteiger partial charge in [-0.15, -0.1) is 0 Å². The van der Waals surface area contributed by atoms with Crippen molar-refractivity contribution in [2.24, 2.45) is 5.73 Å². The minimum atomic E-state index is -3.71. The second-order valence-electron chi connectivity index (χ2n) is 4.96. The summed E-state index contributed by atoms with van der Waals surface area (Å²) >= 11 is 0. The smallest absolute Gasteiger partial charge is 0.261 e. The van der Waals surface area contributed by atoms with Gasteiger partial charge < -0.3 is 5.73 Å². The van der Waals surface area contributed by atoms with Crippen LogP contribution in [0.4, 0.5) is 5.69 Å². The Bertz CT molecular complexity index is 797. The molecule has 0 aromatic heterocycles. The number of para-hydroxylation sites is 1. The molecular formula is C16H18N2O3S. The maximum Gasteiger partial charge on any atom is 0.261 e. The number of benzene rings is 2. The molecular weight excluding hydrogens is 300 g/mol. The Morgan fingerprint density at radius 2 is 1.77 bits per heavy atom. The summed E-state index contributed by atoms with van der Waals surface area (Å²) in [5.41, 5.74) is 7.80. The summed E-state index contributed by atoms with van der Waals surface area (Å²) < 4.78 is 27.6. The molecule has 0 aliphatic rings. The van der Waals surface area contributed by atoms with Crippen molar-refractivity contribution < 1.29 is 13.2 Å². The lowest BCUT2D eigenvalue weighted by atomic mass is 10.1. The molecule has 0 heterocycles. The van der Waals surface area contributed by atoms with Gasteiger partial charge in [0.2, 0.25) is 5.91 Å². The number of aryl methyl sites for hydroxylation is 2. The summed E-state index contributed by atoms with van der Waals surface area (Å²) in [4.78, 5) is 11.1. The largest absolute Gasteiger partial charge is 0.366 e. The lowest BCUT2D eigenvalue weighted by molar-refractivity contribution is 0.1000. The normalized spacial score (nSPS) is 11.2. The second kappa shape index (κ2) is 6.19. The molecule has 1 amide bonds. The van der Waals surface area contributed by atoms with Crippen molar-refractivity contribution in [2.45, 2.75) is 25.2 Å². The molecule has 0 fully saturated rings. The van der Waals surface area contributed by atoms with E-state index in [9.17, 15) is 13.2 Å². The zero-order valence-corrected chi connectivity index (χ0v) is 13.3. The van der Waals surface area contributed by atoms with Gasteiger partial charge in [0.25, 0.3) is 10.0 Å². The van der Waals surface area contributed by atoms with E-state index in [-0.39, 0.29) is 10.5 Å². The number of nitrogens with one attached hydrogen (secondary N) is 1. The molecule has 0 saturated heterocycles. The van der Waals surface area contributed by atoms with E-state index in [4.69, 9.17) is 5.73 Å². The lowest BCUT2D eigenvalue weighted by Crippen LogP contribution is -2.16. The molecule has 0 atom stereocenters. The molecule has 22 heavy (non-hydrogen) atoms. The minimum absolute atomic E-state index is 0.0859. The van der Waals surface area contributed by atoms with Crippen LogP contribution in [-0.4, -0.2) is 14.3 Å². The van der Waals surface area contributed by atoms with Crippen LogP contribution in [0.3, 0.4) is 0 Å². The van der Waals surface area contributed by atoms with Crippen molar-refractivity contribution in [2.75, 3.05) is 4.72 Å². The fourth-order valence-corrected chi connectivity index (χ4v) is 3.33. The maximum atomic E-state index is 12.5.